The van der Waals surface area contributed by atoms with Crippen LogP contribution in [0.15, 0.2) is 54.7 Å². The molecule has 0 bridgehead atoms. The highest BCUT2D eigenvalue weighted by atomic mass is 16.1. The molecule has 2 aromatic heterocycles. The summed E-state index contributed by atoms with van der Waals surface area (Å²) in [7, 11) is 0. The van der Waals surface area contributed by atoms with Gasteiger partial charge in [0.15, 0.2) is 0 Å². The van der Waals surface area contributed by atoms with Gasteiger partial charge < -0.3 is 11.1 Å². The summed E-state index contributed by atoms with van der Waals surface area (Å²) >= 11 is 0. The minimum atomic E-state index is -0.298. The fourth-order valence-electron chi connectivity index (χ4n) is 1.98. The van der Waals surface area contributed by atoms with Gasteiger partial charge in [0.1, 0.15) is 11.5 Å². The van der Waals surface area contributed by atoms with Gasteiger partial charge in [-0.15, -0.1) is 0 Å². The van der Waals surface area contributed by atoms with Gasteiger partial charge in [-0.1, -0.05) is 12.1 Å². The number of nitrogens with one attached hydrogen (secondary N) is 1. The molecule has 0 spiro atoms. The summed E-state index contributed by atoms with van der Waals surface area (Å²) in [6.45, 7) is 0. The summed E-state index contributed by atoms with van der Waals surface area (Å²) in [5.74, 6) is 0.0193. The highest BCUT2D eigenvalue weighted by Gasteiger charge is 2.09. The minimum absolute atomic E-state index is 0.283. The Kier molecular flexibility index (Phi) is 3.01. The highest BCUT2D eigenvalue weighted by molar-refractivity contribution is 6.07. The van der Waals surface area contributed by atoms with Crippen molar-refractivity contribution >= 4 is 28.3 Å². The number of carbonyl (C=O) groups excluding carboxylic acids is 1. The van der Waals surface area contributed by atoms with Gasteiger partial charge in [0.2, 0.25) is 0 Å². The van der Waals surface area contributed by atoms with Crippen LogP contribution in [0.3, 0.4) is 0 Å². The molecule has 0 aliphatic rings. The van der Waals surface area contributed by atoms with Gasteiger partial charge in [0.05, 0.1) is 11.2 Å². The van der Waals surface area contributed by atoms with Crippen LogP contribution in [0.1, 0.15) is 10.5 Å². The van der Waals surface area contributed by atoms with Crippen molar-refractivity contribution in [2.45, 2.75) is 0 Å². The summed E-state index contributed by atoms with van der Waals surface area (Å²) in [6.07, 6.45) is 1.72. The molecule has 0 atom stereocenters. The number of nitrogens with two attached hydrogens (primary N) is 1. The van der Waals surface area contributed by atoms with E-state index in [2.05, 4.69) is 15.3 Å². The number of nitrogens with zero attached hydrogens (tertiary/aromatic N) is 2. The van der Waals surface area contributed by atoms with Crippen LogP contribution in [0.25, 0.3) is 10.9 Å². The first-order chi connectivity index (χ1) is 9.74. The van der Waals surface area contributed by atoms with Crippen molar-refractivity contribution in [2.75, 3.05) is 11.1 Å². The van der Waals surface area contributed by atoms with Gasteiger partial charge in [0, 0.05) is 11.6 Å². The fraction of sp³-hybridized carbons (Fsp3) is 0. The van der Waals surface area contributed by atoms with E-state index in [-0.39, 0.29) is 11.6 Å². The van der Waals surface area contributed by atoms with E-state index in [0.717, 1.165) is 10.9 Å². The Morgan fingerprint density at radius 2 is 1.90 bits per heavy atom. The molecule has 0 radical (unpaired) electrons. The lowest BCUT2D eigenvalue weighted by Crippen LogP contribution is -2.14. The van der Waals surface area contributed by atoms with E-state index in [1.165, 1.54) is 0 Å². The monoisotopic (exact) mass is 264 g/mol. The lowest BCUT2D eigenvalue weighted by molar-refractivity contribution is 0.102. The first kappa shape index (κ1) is 12.1. The Labute approximate surface area is 115 Å². The van der Waals surface area contributed by atoms with Gasteiger partial charge >= 0.3 is 0 Å². The second-order valence-corrected chi connectivity index (χ2v) is 4.28. The molecule has 3 rings (SSSR count). The number of fused-ring (bicyclic) bond motifs is 1. The molecule has 3 aromatic rings. The van der Waals surface area contributed by atoms with Crippen LogP contribution in [0, 0.1) is 0 Å². The maximum Gasteiger partial charge on any atom is 0.274 e. The lowest BCUT2D eigenvalue weighted by atomic mass is 10.2. The molecule has 0 unspecified atom stereocenters. The third-order valence-corrected chi connectivity index (χ3v) is 2.90. The number of anilines is 2. The van der Waals surface area contributed by atoms with Crippen LogP contribution in [-0.4, -0.2) is 15.9 Å². The first-order valence-electron chi connectivity index (χ1n) is 6.12. The SMILES string of the molecule is Nc1cccc(C(=O)Nc2cccc3ncccc23)n1. The molecule has 20 heavy (non-hydrogen) atoms. The van der Waals surface area contributed by atoms with Crippen molar-refractivity contribution in [3.05, 3.63) is 60.4 Å². The summed E-state index contributed by atoms with van der Waals surface area (Å²) in [6, 6.07) is 14.3. The van der Waals surface area contributed by atoms with E-state index >= 15 is 0 Å². The molecule has 0 aliphatic heterocycles. The maximum absolute atomic E-state index is 12.2. The third kappa shape index (κ3) is 2.29. The Balaban J connectivity index is 1.95. The van der Waals surface area contributed by atoms with Gasteiger partial charge in [-0.2, -0.15) is 0 Å². The molecule has 0 saturated heterocycles. The van der Waals surface area contributed by atoms with Crippen LogP contribution < -0.4 is 11.1 Å². The molecule has 98 valence electrons. The van der Waals surface area contributed by atoms with E-state index in [9.17, 15) is 4.79 Å². The van der Waals surface area contributed by atoms with Gasteiger partial charge in [-0.3, -0.25) is 9.78 Å². The predicted octanol–water partition coefficient (Wildman–Crippen LogP) is 2.46. The number of benzene rings is 1. The number of nitrogen functional groups attached to an aromatic ring is 1. The zero-order valence-corrected chi connectivity index (χ0v) is 10.6. The first-order valence-corrected chi connectivity index (χ1v) is 6.12. The molecule has 5 heteroatoms. The summed E-state index contributed by atoms with van der Waals surface area (Å²) in [5.41, 5.74) is 7.39. The summed E-state index contributed by atoms with van der Waals surface area (Å²) < 4.78 is 0. The lowest BCUT2D eigenvalue weighted by Gasteiger charge is -2.08. The van der Waals surface area contributed by atoms with Gasteiger partial charge in [-0.05, 0) is 36.4 Å². The van der Waals surface area contributed by atoms with Crippen LogP contribution in [0.2, 0.25) is 0 Å². The Hall–Kier alpha value is -2.95. The fourth-order valence-corrected chi connectivity index (χ4v) is 1.98. The summed E-state index contributed by atoms with van der Waals surface area (Å²) in [5, 5.41) is 3.71. The molecule has 1 amide bonds. The maximum atomic E-state index is 12.2. The van der Waals surface area contributed by atoms with E-state index in [0.29, 0.717) is 11.5 Å². The number of hydrogen-bond acceptors (Lipinski definition) is 4. The number of carbonyl (C=O) groups is 1. The largest absolute Gasteiger partial charge is 0.384 e. The Bertz CT molecular complexity index is 780. The zero-order valence-electron chi connectivity index (χ0n) is 10.6. The van der Waals surface area contributed by atoms with Crippen LogP contribution in [0.4, 0.5) is 11.5 Å². The van der Waals surface area contributed by atoms with E-state index in [4.69, 9.17) is 5.73 Å². The topological polar surface area (TPSA) is 80.9 Å². The van der Waals surface area contributed by atoms with E-state index < -0.39 is 0 Å². The van der Waals surface area contributed by atoms with Crippen LogP contribution in [0.5, 0.6) is 0 Å². The number of aromatic nitrogens is 2. The minimum Gasteiger partial charge on any atom is -0.384 e. The van der Waals surface area contributed by atoms with Crippen LogP contribution in [-0.2, 0) is 0 Å². The van der Waals surface area contributed by atoms with Crippen molar-refractivity contribution in [3.8, 4) is 0 Å². The molecule has 3 N–H and O–H groups in total. The van der Waals surface area contributed by atoms with Crippen molar-refractivity contribution in [1.82, 2.24) is 9.97 Å². The highest BCUT2D eigenvalue weighted by Crippen LogP contribution is 2.21. The summed E-state index contributed by atoms with van der Waals surface area (Å²) in [4.78, 5) is 20.4. The predicted molar refractivity (Wildman–Crippen MR) is 78.3 cm³/mol. The van der Waals surface area contributed by atoms with Crippen molar-refractivity contribution in [2.24, 2.45) is 0 Å². The molecule has 0 aliphatic carbocycles. The Morgan fingerprint density at radius 1 is 1.05 bits per heavy atom. The molecular formula is C15H12N4O. The second-order valence-electron chi connectivity index (χ2n) is 4.28. The van der Waals surface area contributed by atoms with Crippen molar-refractivity contribution < 1.29 is 4.79 Å². The molecular weight excluding hydrogens is 252 g/mol. The average molecular weight is 264 g/mol. The molecule has 2 heterocycles. The van der Waals surface area contributed by atoms with Gasteiger partial charge in [-0.25, -0.2) is 4.98 Å². The molecule has 1 aromatic carbocycles. The van der Waals surface area contributed by atoms with Crippen LogP contribution >= 0.6 is 0 Å². The molecule has 5 nitrogen and oxygen atoms in total. The van der Waals surface area contributed by atoms with E-state index in [1.807, 2.05) is 30.3 Å². The third-order valence-electron chi connectivity index (χ3n) is 2.90. The zero-order chi connectivity index (χ0) is 13.9. The number of hydrogen-bond donors (Lipinski definition) is 2. The normalized spacial score (nSPS) is 10.4. The molecule has 0 fully saturated rings. The Morgan fingerprint density at radius 3 is 2.75 bits per heavy atom. The smallest absolute Gasteiger partial charge is 0.274 e. The number of rotatable bonds is 2. The second kappa shape index (κ2) is 4.97. The number of amides is 1. The quantitative estimate of drug-likeness (QED) is 0.745. The van der Waals surface area contributed by atoms with E-state index in [1.54, 1.807) is 24.4 Å². The standard InChI is InChI=1S/C15H12N4O/c16-14-8-2-7-13(18-14)15(20)19-12-6-1-5-11-10(12)4-3-9-17-11/h1-9H,(H2,16,18)(H,19,20). The average Bonchev–Trinajstić information content (AvgIpc) is 2.47. The van der Waals surface area contributed by atoms with Crippen molar-refractivity contribution in [3.63, 3.8) is 0 Å². The van der Waals surface area contributed by atoms with Crippen molar-refractivity contribution in [1.29, 1.82) is 0 Å². The molecule has 0 saturated carbocycles. The van der Waals surface area contributed by atoms with Gasteiger partial charge in [0.25, 0.3) is 5.91 Å². The number of pyridine rings is 2.